The van der Waals surface area contributed by atoms with Crippen LogP contribution in [0, 0.1) is 15.9 Å². The van der Waals surface area contributed by atoms with Crippen molar-refractivity contribution in [2.45, 2.75) is 19.4 Å². The molecule has 0 spiro atoms. The van der Waals surface area contributed by atoms with E-state index in [1.807, 2.05) is 4.90 Å². The third kappa shape index (κ3) is 5.11. The lowest BCUT2D eigenvalue weighted by Crippen LogP contribution is -2.31. The fourth-order valence-electron chi connectivity index (χ4n) is 3.35. The van der Waals surface area contributed by atoms with Gasteiger partial charge in [-0.3, -0.25) is 14.9 Å². The smallest absolute Gasteiger partial charge is 0.341 e. The Morgan fingerprint density at radius 2 is 1.93 bits per heavy atom. The summed E-state index contributed by atoms with van der Waals surface area (Å²) in [6, 6.07) is 9.93. The molecule has 1 aliphatic rings. The lowest BCUT2D eigenvalue weighted by Gasteiger charge is -2.21. The zero-order valence-corrected chi connectivity index (χ0v) is 16.5. The van der Waals surface area contributed by atoms with Crippen LogP contribution in [0.15, 0.2) is 42.5 Å². The number of benzene rings is 2. The van der Waals surface area contributed by atoms with E-state index in [0.717, 1.165) is 25.9 Å². The normalized spacial score (nSPS) is 13.2. The number of nitrogens with zero attached hydrogens (tertiary/aromatic N) is 3. The summed E-state index contributed by atoms with van der Waals surface area (Å²) in [5, 5.41) is 11.1. The van der Waals surface area contributed by atoms with Crippen molar-refractivity contribution in [2.24, 2.45) is 0 Å². The third-order valence-electron chi connectivity index (χ3n) is 4.92. The summed E-state index contributed by atoms with van der Waals surface area (Å²) in [4.78, 5) is 38.8. The molecule has 0 radical (unpaired) electrons. The largest absolute Gasteiger partial charge is 0.452 e. The van der Waals surface area contributed by atoms with E-state index in [4.69, 9.17) is 4.74 Å². The molecule has 1 heterocycles. The molecular formula is C21H22FN3O5. The minimum Gasteiger partial charge on any atom is -0.452 e. The van der Waals surface area contributed by atoms with Gasteiger partial charge in [0.05, 0.1) is 16.2 Å². The number of carbonyl (C=O) groups excluding carboxylic acids is 2. The Morgan fingerprint density at radius 1 is 1.20 bits per heavy atom. The SMILES string of the molecule is CN(Cc1cccc(F)c1)C(=O)COC(=O)c1cc([N+](=O)[O-])ccc1N1CCCC1. The number of anilines is 1. The standard InChI is InChI=1S/C21H22FN3O5/c1-23(13-15-5-4-6-16(22)11-15)20(26)14-30-21(27)18-12-17(25(28)29)7-8-19(18)24-9-2-3-10-24/h4-8,11-12H,2-3,9-10,13-14H2,1H3. The third-order valence-corrected chi connectivity index (χ3v) is 4.92. The summed E-state index contributed by atoms with van der Waals surface area (Å²) in [5.41, 5.74) is 1.00. The highest BCUT2D eigenvalue weighted by molar-refractivity contribution is 5.97. The van der Waals surface area contributed by atoms with Crippen LogP contribution in [0.25, 0.3) is 0 Å². The number of hydrogen-bond donors (Lipinski definition) is 0. The van der Waals surface area contributed by atoms with E-state index in [0.29, 0.717) is 11.3 Å². The number of nitro benzene ring substituents is 1. The maximum atomic E-state index is 13.3. The van der Waals surface area contributed by atoms with Crippen LogP contribution in [0.4, 0.5) is 15.8 Å². The molecule has 1 fully saturated rings. The Kier molecular flexibility index (Phi) is 6.61. The Morgan fingerprint density at radius 3 is 2.60 bits per heavy atom. The molecule has 0 atom stereocenters. The molecule has 1 saturated heterocycles. The number of non-ortho nitro benzene ring substituents is 1. The molecule has 158 valence electrons. The number of hydrogen-bond acceptors (Lipinski definition) is 6. The molecule has 1 aliphatic heterocycles. The summed E-state index contributed by atoms with van der Waals surface area (Å²) in [6.45, 7) is 1.12. The number of carbonyl (C=O) groups is 2. The van der Waals surface area contributed by atoms with E-state index in [-0.39, 0.29) is 17.8 Å². The van der Waals surface area contributed by atoms with Crippen LogP contribution in [-0.2, 0) is 16.1 Å². The second-order valence-corrected chi connectivity index (χ2v) is 7.11. The van der Waals surface area contributed by atoms with Gasteiger partial charge in [0.2, 0.25) is 0 Å². The number of amides is 1. The van der Waals surface area contributed by atoms with E-state index in [2.05, 4.69) is 0 Å². The molecule has 0 bridgehead atoms. The van der Waals surface area contributed by atoms with Gasteiger partial charge in [0.1, 0.15) is 5.82 Å². The average molecular weight is 415 g/mol. The van der Waals surface area contributed by atoms with Crippen LogP contribution in [0.5, 0.6) is 0 Å². The predicted molar refractivity (Wildman–Crippen MR) is 108 cm³/mol. The molecule has 9 heteroatoms. The second-order valence-electron chi connectivity index (χ2n) is 7.11. The van der Waals surface area contributed by atoms with E-state index >= 15 is 0 Å². The molecule has 2 aromatic carbocycles. The number of nitro groups is 1. The van der Waals surface area contributed by atoms with Crippen molar-refractivity contribution in [3.05, 3.63) is 69.5 Å². The highest BCUT2D eigenvalue weighted by atomic mass is 19.1. The predicted octanol–water partition coefficient (Wildman–Crippen LogP) is 3.15. The lowest BCUT2D eigenvalue weighted by molar-refractivity contribution is -0.384. The Balaban J connectivity index is 1.68. The maximum absolute atomic E-state index is 13.3. The first-order valence-electron chi connectivity index (χ1n) is 9.54. The fourth-order valence-corrected chi connectivity index (χ4v) is 3.35. The van der Waals surface area contributed by atoms with Crippen molar-refractivity contribution < 1.29 is 23.6 Å². The van der Waals surface area contributed by atoms with Crippen molar-refractivity contribution in [1.82, 2.24) is 4.90 Å². The van der Waals surface area contributed by atoms with E-state index in [1.165, 1.54) is 42.3 Å². The maximum Gasteiger partial charge on any atom is 0.341 e. The van der Waals surface area contributed by atoms with Gasteiger partial charge < -0.3 is 14.5 Å². The summed E-state index contributed by atoms with van der Waals surface area (Å²) in [5.74, 6) is -1.67. The minimum absolute atomic E-state index is 0.0617. The van der Waals surface area contributed by atoms with Gasteiger partial charge >= 0.3 is 5.97 Å². The second kappa shape index (κ2) is 9.34. The summed E-state index contributed by atoms with van der Waals surface area (Å²) in [6.07, 6.45) is 1.93. The Bertz CT molecular complexity index is 959. The topological polar surface area (TPSA) is 93.0 Å². The van der Waals surface area contributed by atoms with Gasteiger partial charge in [0.15, 0.2) is 6.61 Å². The van der Waals surface area contributed by atoms with E-state index in [9.17, 15) is 24.1 Å². The Hall–Kier alpha value is -3.49. The van der Waals surface area contributed by atoms with Crippen molar-refractivity contribution in [3.8, 4) is 0 Å². The van der Waals surface area contributed by atoms with Crippen molar-refractivity contribution in [1.29, 1.82) is 0 Å². The number of esters is 1. The number of ether oxygens (including phenoxy) is 1. The number of rotatable bonds is 7. The van der Waals surface area contributed by atoms with Gasteiger partial charge in [-0.1, -0.05) is 12.1 Å². The zero-order chi connectivity index (χ0) is 21.7. The van der Waals surface area contributed by atoms with Gasteiger partial charge in [0, 0.05) is 38.8 Å². The summed E-state index contributed by atoms with van der Waals surface area (Å²) >= 11 is 0. The van der Waals surface area contributed by atoms with Crippen LogP contribution in [0.3, 0.4) is 0 Å². The molecular weight excluding hydrogens is 393 g/mol. The molecule has 3 rings (SSSR count). The molecule has 0 N–H and O–H groups in total. The van der Waals surface area contributed by atoms with Crippen molar-refractivity contribution in [2.75, 3.05) is 31.6 Å². The molecule has 0 aliphatic carbocycles. The minimum atomic E-state index is -0.798. The first-order chi connectivity index (χ1) is 14.3. The highest BCUT2D eigenvalue weighted by Gasteiger charge is 2.24. The number of likely N-dealkylation sites (N-methyl/N-ethyl adjacent to an activating group) is 1. The quantitative estimate of drug-likeness (QED) is 0.392. The molecule has 8 nitrogen and oxygen atoms in total. The van der Waals surface area contributed by atoms with E-state index in [1.54, 1.807) is 12.1 Å². The summed E-state index contributed by atoms with van der Waals surface area (Å²) in [7, 11) is 1.52. The monoisotopic (exact) mass is 415 g/mol. The molecule has 0 aromatic heterocycles. The van der Waals surface area contributed by atoms with Crippen LogP contribution in [-0.4, -0.2) is 48.4 Å². The first kappa shape index (κ1) is 21.2. The zero-order valence-electron chi connectivity index (χ0n) is 16.5. The van der Waals surface area contributed by atoms with Crippen LogP contribution in [0.1, 0.15) is 28.8 Å². The number of halogens is 1. The molecule has 1 amide bonds. The van der Waals surface area contributed by atoms with Gasteiger partial charge in [-0.25, -0.2) is 9.18 Å². The van der Waals surface area contributed by atoms with Crippen LogP contribution >= 0.6 is 0 Å². The van der Waals surface area contributed by atoms with Gasteiger partial charge in [-0.05, 0) is 36.6 Å². The fraction of sp³-hybridized carbons (Fsp3) is 0.333. The van der Waals surface area contributed by atoms with Crippen LogP contribution in [0.2, 0.25) is 0 Å². The van der Waals surface area contributed by atoms with Gasteiger partial charge in [-0.15, -0.1) is 0 Å². The molecule has 0 saturated carbocycles. The van der Waals surface area contributed by atoms with Crippen molar-refractivity contribution >= 4 is 23.3 Å². The average Bonchev–Trinajstić information content (AvgIpc) is 3.26. The lowest BCUT2D eigenvalue weighted by atomic mass is 10.1. The van der Waals surface area contributed by atoms with Gasteiger partial charge in [-0.2, -0.15) is 0 Å². The molecule has 2 aromatic rings. The molecule has 30 heavy (non-hydrogen) atoms. The van der Waals surface area contributed by atoms with E-state index < -0.39 is 29.2 Å². The van der Waals surface area contributed by atoms with Crippen molar-refractivity contribution in [3.63, 3.8) is 0 Å². The Labute approximate surface area is 173 Å². The first-order valence-corrected chi connectivity index (χ1v) is 9.54. The van der Waals surface area contributed by atoms with Crippen LogP contribution < -0.4 is 4.90 Å². The molecule has 0 unspecified atom stereocenters. The summed E-state index contributed by atoms with van der Waals surface area (Å²) < 4.78 is 18.4. The highest BCUT2D eigenvalue weighted by Crippen LogP contribution is 2.29. The van der Waals surface area contributed by atoms with Gasteiger partial charge in [0.25, 0.3) is 11.6 Å².